The minimum Gasteiger partial charge on any atom is -0.327 e. The Balaban J connectivity index is 1.80. The van der Waals surface area contributed by atoms with Crippen molar-refractivity contribution in [1.82, 2.24) is 9.97 Å². The van der Waals surface area contributed by atoms with E-state index in [1.54, 1.807) is 11.3 Å². The highest BCUT2D eigenvalue weighted by molar-refractivity contribution is 7.09. The van der Waals surface area contributed by atoms with Crippen LogP contribution in [0.1, 0.15) is 22.7 Å². The lowest BCUT2D eigenvalue weighted by atomic mass is 10.0. The third-order valence-electron chi connectivity index (χ3n) is 2.69. The van der Waals surface area contributed by atoms with E-state index >= 15 is 0 Å². The molecule has 2 rings (SSSR count). The SMILES string of the molecule is Cc1nc(CC(N)CCc2ccncc2)cs1. The summed E-state index contributed by atoms with van der Waals surface area (Å²) in [5.41, 5.74) is 8.53. The van der Waals surface area contributed by atoms with Gasteiger partial charge in [-0.15, -0.1) is 11.3 Å². The molecule has 0 amide bonds. The predicted molar refractivity (Wildman–Crippen MR) is 71.1 cm³/mol. The van der Waals surface area contributed by atoms with Crippen molar-refractivity contribution in [1.29, 1.82) is 0 Å². The standard InChI is InChI=1S/C13H17N3S/c1-10-16-13(9-17-10)8-12(14)3-2-11-4-6-15-7-5-11/h4-7,9,12H,2-3,8,14H2,1H3. The summed E-state index contributed by atoms with van der Waals surface area (Å²) >= 11 is 1.69. The molecule has 0 fully saturated rings. The number of hydrogen-bond donors (Lipinski definition) is 1. The van der Waals surface area contributed by atoms with E-state index in [0.29, 0.717) is 0 Å². The molecule has 1 unspecified atom stereocenters. The van der Waals surface area contributed by atoms with Crippen molar-refractivity contribution in [3.63, 3.8) is 0 Å². The van der Waals surface area contributed by atoms with Gasteiger partial charge in [-0.3, -0.25) is 4.98 Å². The fourth-order valence-corrected chi connectivity index (χ4v) is 2.40. The van der Waals surface area contributed by atoms with Crippen molar-refractivity contribution in [2.45, 2.75) is 32.2 Å². The van der Waals surface area contributed by atoms with Crippen molar-refractivity contribution in [2.75, 3.05) is 0 Å². The van der Waals surface area contributed by atoms with Gasteiger partial charge in [-0.05, 0) is 37.5 Å². The number of pyridine rings is 1. The first-order valence-corrected chi connectivity index (χ1v) is 6.67. The molecule has 4 heteroatoms. The minimum absolute atomic E-state index is 0.185. The lowest BCUT2D eigenvalue weighted by Gasteiger charge is -2.09. The van der Waals surface area contributed by atoms with Crippen LogP contribution in [-0.4, -0.2) is 16.0 Å². The number of nitrogens with two attached hydrogens (primary N) is 1. The molecule has 2 N–H and O–H groups in total. The van der Waals surface area contributed by atoms with Gasteiger partial charge in [0.05, 0.1) is 10.7 Å². The number of aromatic nitrogens is 2. The fourth-order valence-electron chi connectivity index (χ4n) is 1.77. The average Bonchev–Trinajstić information content (AvgIpc) is 2.73. The average molecular weight is 247 g/mol. The van der Waals surface area contributed by atoms with Gasteiger partial charge in [0.2, 0.25) is 0 Å². The monoisotopic (exact) mass is 247 g/mol. The summed E-state index contributed by atoms with van der Waals surface area (Å²) in [7, 11) is 0. The first-order valence-electron chi connectivity index (χ1n) is 5.79. The van der Waals surface area contributed by atoms with Crippen LogP contribution in [0.15, 0.2) is 29.9 Å². The van der Waals surface area contributed by atoms with Crippen LogP contribution in [0.3, 0.4) is 0 Å². The maximum atomic E-state index is 6.11. The smallest absolute Gasteiger partial charge is 0.0897 e. The van der Waals surface area contributed by atoms with Gasteiger partial charge in [0.1, 0.15) is 0 Å². The molecule has 2 aromatic rings. The number of nitrogens with zero attached hydrogens (tertiary/aromatic N) is 2. The highest BCUT2D eigenvalue weighted by atomic mass is 32.1. The van der Waals surface area contributed by atoms with Crippen molar-refractivity contribution in [2.24, 2.45) is 5.73 Å². The second-order valence-corrected chi connectivity index (χ2v) is 5.28. The number of aryl methyl sites for hydroxylation is 2. The summed E-state index contributed by atoms with van der Waals surface area (Å²) in [5, 5.41) is 3.21. The topological polar surface area (TPSA) is 51.8 Å². The number of thiazole rings is 1. The van der Waals surface area contributed by atoms with Crippen molar-refractivity contribution in [3.05, 3.63) is 46.2 Å². The first kappa shape index (κ1) is 12.2. The Kier molecular flexibility index (Phi) is 4.23. The summed E-state index contributed by atoms with van der Waals surface area (Å²) < 4.78 is 0. The molecule has 0 bridgehead atoms. The van der Waals surface area contributed by atoms with E-state index in [-0.39, 0.29) is 6.04 Å². The van der Waals surface area contributed by atoms with Crippen molar-refractivity contribution < 1.29 is 0 Å². The normalized spacial score (nSPS) is 12.6. The predicted octanol–water partition coefficient (Wildman–Crippen LogP) is 2.35. The fraction of sp³-hybridized carbons (Fsp3) is 0.385. The van der Waals surface area contributed by atoms with E-state index in [4.69, 9.17) is 5.73 Å². The van der Waals surface area contributed by atoms with E-state index in [2.05, 4.69) is 15.3 Å². The molecule has 0 aliphatic heterocycles. The molecule has 0 radical (unpaired) electrons. The summed E-state index contributed by atoms with van der Waals surface area (Å²) in [6, 6.07) is 4.27. The zero-order valence-electron chi connectivity index (χ0n) is 9.97. The van der Waals surface area contributed by atoms with Crippen LogP contribution < -0.4 is 5.73 Å². The maximum Gasteiger partial charge on any atom is 0.0897 e. The van der Waals surface area contributed by atoms with Gasteiger partial charge in [-0.25, -0.2) is 4.98 Å². The van der Waals surface area contributed by atoms with Crippen LogP contribution in [0.4, 0.5) is 0 Å². The molecule has 2 aromatic heterocycles. The maximum absolute atomic E-state index is 6.11. The summed E-state index contributed by atoms with van der Waals surface area (Å²) in [4.78, 5) is 8.44. The molecular formula is C13H17N3S. The van der Waals surface area contributed by atoms with Gasteiger partial charge in [0, 0.05) is 30.2 Å². The molecule has 90 valence electrons. The number of hydrogen-bond acceptors (Lipinski definition) is 4. The molecule has 0 aliphatic carbocycles. The first-order chi connectivity index (χ1) is 8.24. The Bertz CT molecular complexity index is 453. The van der Waals surface area contributed by atoms with E-state index in [9.17, 15) is 0 Å². The molecule has 0 aliphatic rings. The molecule has 0 saturated carbocycles. The molecule has 2 heterocycles. The van der Waals surface area contributed by atoms with Crippen LogP contribution in [0.5, 0.6) is 0 Å². The Morgan fingerprint density at radius 2 is 2.12 bits per heavy atom. The van der Waals surface area contributed by atoms with Gasteiger partial charge in [0.25, 0.3) is 0 Å². The molecule has 0 aromatic carbocycles. The third-order valence-corrected chi connectivity index (χ3v) is 3.51. The summed E-state index contributed by atoms with van der Waals surface area (Å²) in [6.07, 6.45) is 6.51. The van der Waals surface area contributed by atoms with Crippen molar-refractivity contribution in [3.8, 4) is 0 Å². The van der Waals surface area contributed by atoms with E-state index in [0.717, 1.165) is 30.0 Å². The second-order valence-electron chi connectivity index (χ2n) is 4.22. The van der Waals surface area contributed by atoms with Crippen LogP contribution in [0.2, 0.25) is 0 Å². The Labute approximate surface area is 106 Å². The highest BCUT2D eigenvalue weighted by Crippen LogP contribution is 2.11. The molecule has 1 atom stereocenters. The van der Waals surface area contributed by atoms with Gasteiger partial charge in [-0.1, -0.05) is 0 Å². The van der Waals surface area contributed by atoms with Crippen LogP contribution in [0.25, 0.3) is 0 Å². The van der Waals surface area contributed by atoms with E-state index in [1.165, 1.54) is 5.56 Å². The Hall–Kier alpha value is -1.26. The van der Waals surface area contributed by atoms with E-state index in [1.807, 2.05) is 31.5 Å². The number of rotatable bonds is 5. The third kappa shape index (κ3) is 3.91. The van der Waals surface area contributed by atoms with Crippen LogP contribution >= 0.6 is 11.3 Å². The van der Waals surface area contributed by atoms with E-state index < -0.39 is 0 Å². The van der Waals surface area contributed by atoms with Gasteiger partial charge >= 0.3 is 0 Å². The molecule has 17 heavy (non-hydrogen) atoms. The van der Waals surface area contributed by atoms with Crippen LogP contribution in [0, 0.1) is 6.92 Å². The zero-order valence-corrected chi connectivity index (χ0v) is 10.8. The Morgan fingerprint density at radius 3 is 2.76 bits per heavy atom. The summed E-state index contributed by atoms with van der Waals surface area (Å²) in [6.45, 7) is 2.02. The van der Waals surface area contributed by atoms with Gasteiger partial charge < -0.3 is 5.73 Å². The molecule has 3 nitrogen and oxygen atoms in total. The van der Waals surface area contributed by atoms with Crippen LogP contribution in [-0.2, 0) is 12.8 Å². The minimum atomic E-state index is 0.185. The molecule has 0 spiro atoms. The van der Waals surface area contributed by atoms with Gasteiger partial charge in [0.15, 0.2) is 0 Å². The second kappa shape index (κ2) is 5.89. The summed E-state index contributed by atoms with van der Waals surface area (Å²) in [5.74, 6) is 0. The van der Waals surface area contributed by atoms with Gasteiger partial charge in [-0.2, -0.15) is 0 Å². The lowest BCUT2D eigenvalue weighted by Crippen LogP contribution is -2.23. The molecular weight excluding hydrogens is 230 g/mol. The van der Waals surface area contributed by atoms with Crippen molar-refractivity contribution >= 4 is 11.3 Å². The largest absolute Gasteiger partial charge is 0.327 e. The highest BCUT2D eigenvalue weighted by Gasteiger charge is 2.07. The lowest BCUT2D eigenvalue weighted by molar-refractivity contribution is 0.604. The zero-order chi connectivity index (χ0) is 12.1. The quantitative estimate of drug-likeness (QED) is 0.882. The Morgan fingerprint density at radius 1 is 1.35 bits per heavy atom. The molecule has 0 saturated heterocycles.